The molecular formula is C19H14ClNO. The standard InChI is InChI=1S/C19H14ClNO/c1-2-21-12-17(14-8-10-16(20)11-9-14)18(13-21)19(22)15-6-4-3-5-7-15/h2-13H,1H2. The van der Waals surface area contributed by atoms with Gasteiger partial charge < -0.3 is 4.57 Å². The molecule has 0 saturated heterocycles. The number of hydrogen-bond acceptors (Lipinski definition) is 1. The zero-order valence-corrected chi connectivity index (χ0v) is 12.6. The Kier molecular flexibility index (Phi) is 3.94. The van der Waals surface area contributed by atoms with Crippen molar-refractivity contribution in [1.29, 1.82) is 0 Å². The van der Waals surface area contributed by atoms with Gasteiger partial charge in [-0.3, -0.25) is 4.79 Å². The smallest absolute Gasteiger partial charge is 0.195 e. The zero-order chi connectivity index (χ0) is 15.5. The Labute approximate surface area is 134 Å². The normalized spacial score (nSPS) is 10.4. The molecule has 2 nitrogen and oxygen atoms in total. The minimum atomic E-state index is -0.00819. The second-order valence-corrected chi connectivity index (χ2v) is 5.35. The maximum absolute atomic E-state index is 12.8. The molecule has 3 aromatic rings. The second kappa shape index (κ2) is 6.04. The first kappa shape index (κ1) is 14.4. The number of hydrogen-bond donors (Lipinski definition) is 0. The predicted octanol–water partition coefficient (Wildman–Crippen LogP) is 5.14. The maximum atomic E-state index is 12.8. The number of nitrogens with zero attached hydrogens (tertiary/aromatic N) is 1. The quantitative estimate of drug-likeness (QED) is 0.612. The summed E-state index contributed by atoms with van der Waals surface area (Å²) < 4.78 is 1.79. The van der Waals surface area contributed by atoms with Crippen LogP contribution in [0.4, 0.5) is 0 Å². The summed E-state index contributed by atoms with van der Waals surface area (Å²) in [4.78, 5) is 12.8. The summed E-state index contributed by atoms with van der Waals surface area (Å²) in [6, 6.07) is 16.7. The lowest BCUT2D eigenvalue weighted by Crippen LogP contribution is -2.01. The summed E-state index contributed by atoms with van der Waals surface area (Å²) in [6.07, 6.45) is 5.36. The Morgan fingerprint density at radius 1 is 1.00 bits per heavy atom. The molecule has 3 heteroatoms. The van der Waals surface area contributed by atoms with Crippen LogP contribution in [0.15, 0.2) is 73.6 Å². The number of carbonyl (C=O) groups is 1. The lowest BCUT2D eigenvalue weighted by Gasteiger charge is -2.04. The van der Waals surface area contributed by atoms with Crippen LogP contribution in [0.5, 0.6) is 0 Å². The van der Waals surface area contributed by atoms with Crippen molar-refractivity contribution in [3.63, 3.8) is 0 Å². The van der Waals surface area contributed by atoms with E-state index in [9.17, 15) is 4.79 Å². The highest BCUT2D eigenvalue weighted by atomic mass is 35.5. The van der Waals surface area contributed by atoms with Crippen molar-refractivity contribution < 1.29 is 4.79 Å². The van der Waals surface area contributed by atoms with Gasteiger partial charge in [-0.15, -0.1) is 0 Å². The van der Waals surface area contributed by atoms with Crippen molar-refractivity contribution >= 4 is 23.6 Å². The monoisotopic (exact) mass is 307 g/mol. The van der Waals surface area contributed by atoms with E-state index in [4.69, 9.17) is 11.6 Å². The van der Waals surface area contributed by atoms with Crippen LogP contribution >= 0.6 is 11.6 Å². The summed E-state index contributed by atoms with van der Waals surface area (Å²) >= 11 is 5.94. The first-order valence-corrected chi connectivity index (χ1v) is 7.26. The van der Waals surface area contributed by atoms with Gasteiger partial charge in [-0.2, -0.15) is 0 Å². The van der Waals surface area contributed by atoms with Gasteiger partial charge in [0.25, 0.3) is 0 Å². The van der Waals surface area contributed by atoms with Gasteiger partial charge in [0.2, 0.25) is 0 Å². The lowest BCUT2D eigenvalue weighted by molar-refractivity contribution is 0.103. The zero-order valence-electron chi connectivity index (χ0n) is 11.9. The highest BCUT2D eigenvalue weighted by Crippen LogP contribution is 2.28. The maximum Gasteiger partial charge on any atom is 0.195 e. The lowest BCUT2D eigenvalue weighted by atomic mass is 9.98. The van der Waals surface area contributed by atoms with Crippen LogP contribution in [0.25, 0.3) is 17.3 Å². The van der Waals surface area contributed by atoms with Crippen molar-refractivity contribution in [1.82, 2.24) is 4.57 Å². The van der Waals surface area contributed by atoms with Crippen LogP contribution < -0.4 is 0 Å². The molecule has 1 aromatic heterocycles. The molecule has 108 valence electrons. The highest BCUT2D eigenvalue weighted by Gasteiger charge is 2.17. The third kappa shape index (κ3) is 2.74. The van der Waals surface area contributed by atoms with Crippen molar-refractivity contribution in [2.24, 2.45) is 0 Å². The van der Waals surface area contributed by atoms with E-state index in [1.807, 2.05) is 60.8 Å². The predicted molar refractivity (Wildman–Crippen MR) is 91.1 cm³/mol. The Morgan fingerprint density at radius 2 is 1.68 bits per heavy atom. The number of rotatable bonds is 4. The molecule has 0 radical (unpaired) electrons. The van der Waals surface area contributed by atoms with Gasteiger partial charge in [-0.05, 0) is 17.7 Å². The van der Waals surface area contributed by atoms with Gasteiger partial charge in [0.05, 0.1) is 0 Å². The molecule has 1 heterocycles. The number of halogens is 1. The third-order valence-corrected chi connectivity index (χ3v) is 3.75. The van der Waals surface area contributed by atoms with Crippen LogP contribution in [0.3, 0.4) is 0 Å². The third-order valence-electron chi connectivity index (χ3n) is 3.49. The Hall–Kier alpha value is -2.58. The summed E-state index contributed by atoms with van der Waals surface area (Å²) in [7, 11) is 0. The van der Waals surface area contributed by atoms with E-state index in [2.05, 4.69) is 6.58 Å². The van der Waals surface area contributed by atoms with E-state index in [0.717, 1.165) is 11.1 Å². The molecule has 0 N–H and O–H groups in total. The topological polar surface area (TPSA) is 22.0 Å². The largest absolute Gasteiger partial charge is 0.330 e. The SMILES string of the molecule is C=Cn1cc(C(=O)c2ccccc2)c(-c2ccc(Cl)cc2)c1. The van der Waals surface area contributed by atoms with Gasteiger partial charge in [0, 0.05) is 40.3 Å². The molecule has 0 aliphatic heterocycles. The van der Waals surface area contributed by atoms with Crippen molar-refractivity contribution in [3.8, 4) is 11.1 Å². The van der Waals surface area contributed by atoms with E-state index in [-0.39, 0.29) is 5.78 Å². The van der Waals surface area contributed by atoms with Crippen LogP contribution in [0.2, 0.25) is 5.02 Å². The van der Waals surface area contributed by atoms with Crippen molar-refractivity contribution in [2.75, 3.05) is 0 Å². The molecular weight excluding hydrogens is 294 g/mol. The summed E-state index contributed by atoms with van der Waals surface area (Å²) in [6.45, 7) is 3.76. The molecule has 0 unspecified atom stereocenters. The average molecular weight is 308 g/mol. The highest BCUT2D eigenvalue weighted by molar-refractivity contribution is 6.30. The first-order chi connectivity index (χ1) is 10.7. The molecule has 3 rings (SSSR count). The summed E-state index contributed by atoms with van der Waals surface area (Å²) in [5.74, 6) is -0.00819. The molecule has 0 saturated carbocycles. The average Bonchev–Trinajstić information content (AvgIpc) is 3.00. The van der Waals surface area contributed by atoms with Gasteiger partial charge in [0.15, 0.2) is 5.78 Å². The number of carbonyl (C=O) groups excluding carboxylic acids is 1. The van der Waals surface area contributed by atoms with Crippen LogP contribution in [0, 0.1) is 0 Å². The molecule has 0 bridgehead atoms. The van der Waals surface area contributed by atoms with Crippen LogP contribution in [0.1, 0.15) is 15.9 Å². The molecule has 22 heavy (non-hydrogen) atoms. The first-order valence-electron chi connectivity index (χ1n) is 6.89. The molecule has 0 atom stereocenters. The van der Waals surface area contributed by atoms with E-state index >= 15 is 0 Å². The van der Waals surface area contributed by atoms with Gasteiger partial charge in [-0.25, -0.2) is 0 Å². The molecule has 0 amide bonds. The van der Waals surface area contributed by atoms with Crippen LogP contribution in [-0.2, 0) is 0 Å². The minimum Gasteiger partial charge on any atom is -0.330 e. The Morgan fingerprint density at radius 3 is 2.32 bits per heavy atom. The fourth-order valence-corrected chi connectivity index (χ4v) is 2.49. The van der Waals surface area contributed by atoms with E-state index in [0.29, 0.717) is 16.1 Å². The van der Waals surface area contributed by atoms with E-state index in [1.165, 1.54) is 0 Å². The van der Waals surface area contributed by atoms with Crippen LogP contribution in [-0.4, -0.2) is 10.4 Å². The van der Waals surface area contributed by atoms with Gasteiger partial charge in [0.1, 0.15) is 0 Å². The fraction of sp³-hybridized carbons (Fsp3) is 0. The fourth-order valence-electron chi connectivity index (χ4n) is 2.37. The molecule has 0 aliphatic carbocycles. The Bertz CT molecular complexity index is 816. The minimum absolute atomic E-state index is 0.00819. The second-order valence-electron chi connectivity index (χ2n) is 4.92. The summed E-state index contributed by atoms with van der Waals surface area (Å²) in [5.41, 5.74) is 3.13. The molecule has 0 aliphatic rings. The molecule has 2 aromatic carbocycles. The number of ketones is 1. The van der Waals surface area contributed by atoms with E-state index < -0.39 is 0 Å². The number of benzene rings is 2. The number of aromatic nitrogens is 1. The Balaban J connectivity index is 2.11. The molecule has 0 fully saturated rings. The van der Waals surface area contributed by atoms with Gasteiger partial charge in [-0.1, -0.05) is 60.6 Å². The van der Waals surface area contributed by atoms with E-state index in [1.54, 1.807) is 17.0 Å². The summed E-state index contributed by atoms with van der Waals surface area (Å²) in [5, 5.41) is 0.669. The molecule has 0 spiro atoms. The van der Waals surface area contributed by atoms with Crippen molar-refractivity contribution in [2.45, 2.75) is 0 Å². The van der Waals surface area contributed by atoms with Crippen molar-refractivity contribution in [3.05, 3.63) is 89.7 Å². The van der Waals surface area contributed by atoms with Gasteiger partial charge >= 0.3 is 0 Å².